The van der Waals surface area contributed by atoms with Crippen LogP contribution in [0.4, 0.5) is 0 Å². The van der Waals surface area contributed by atoms with Gasteiger partial charge < -0.3 is 5.11 Å². The summed E-state index contributed by atoms with van der Waals surface area (Å²) in [7, 11) is 0. The van der Waals surface area contributed by atoms with Gasteiger partial charge in [0.25, 0.3) is 0 Å². The summed E-state index contributed by atoms with van der Waals surface area (Å²) in [4.78, 5) is 35.5. The highest BCUT2D eigenvalue weighted by atomic mass is 16.4. The van der Waals surface area contributed by atoms with Gasteiger partial charge in [-0.25, -0.2) is 0 Å². The standard InChI is InChI=1S/C23H30O4/c1-23-13-15(4-2-3-5-21(26)27)22-17-9-7-16(24)12-14(17)6-8-18(22)19(23)10-11-20(23)25/h12,15,18-19H,2-11,13H2,1H3,(H,26,27)/t15-,18-,19-,23-/m0/s1. The van der Waals surface area contributed by atoms with Crippen molar-refractivity contribution in [2.75, 3.05) is 0 Å². The van der Waals surface area contributed by atoms with Gasteiger partial charge in [0.1, 0.15) is 5.78 Å². The number of aliphatic carboxylic acids is 1. The molecule has 0 bridgehead atoms. The van der Waals surface area contributed by atoms with E-state index in [1.807, 2.05) is 6.08 Å². The predicted molar refractivity (Wildman–Crippen MR) is 102 cm³/mol. The molecule has 0 amide bonds. The number of unbranched alkanes of at least 4 members (excludes halogenated alkanes) is 1. The zero-order valence-electron chi connectivity index (χ0n) is 16.3. The lowest BCUT2D eigenvalue weighted by Crippen LogP contribution is -2.44. The number of rotatable bonds is 5. The van der Waals surface area contributed by atoms with Crippen LogP contribution in [-0.4, -0.2) is 22.6 Å². The van der Waals surface area contributed by atoms with E-state index in [9.17, 15) is 14.4 Å². The molecule has 2 fully saturated rings. The lowest BCUT2D eigenvalue weighted by atomic mass is 9.53. The third-order valence-electron chi connectivity index (χ3n) is 7.74. The summed E-state index contributed by atoms with van der Waals surface area (Å²) >= 11 is 0. The molecule has 0 saturated heterocycles. The molecule has 0 heterocycles. The van der Waals surface area contributed by atoms with Crippen molar-refractivity contribution in [3.05, 3.63) is 22.8 Å². The first-order valence-corrected chi connectivity index (χ1v) is 10.6. The van der Waals surface area contributed by atoms with Crippen LogP contribution < -0.4 is 0 Å². The van der Waals surface area contributed by atoms with E-state index < -0.39 is 5.97 Å². The topological polar surface area (TPSA) is 71.4 Å². The van der Waals surface area contributed by atoms with Gasteiger partial charge in [-0.05, 0) is 79.9 Å². The summed E-state index contributed by atoms with van der Waals surface area (Å²) in [6.07, 6.45) is 10.8. The number of fused-ring (bicyclic) bond motifs is 4. The van der Waals surface area contributed by atoms with Crippen LogP contribution in [0.3, 0.4) is 0 Å². The smallest absolute Gasteiger partial charge is 0.303 e. The van der Waals surface area contributed by atoms with E-state index in [1.165, 1.54) is 11.1 Å². The molecular weight excluding hydrogens is 340 g/mol. The van der Waals surface area contributed by atoms with Gasteiger partial charge in [-0.1, -0.05) is 18.9 Å². The fraction of sp³-hybridized carbons (Fsp3) is 0.696. The van der Waals surface area contributed by atoms with Crippen molar-refractivity contribution < 1.29 is 19.5 Å². The van der Waals surface area contributed by atoms with E-state index >= 15 is 0 Å². The van der Waals surface area contributed by atoms with Gasteiger partial charge in [-0.2, -0.15) is 0 Å². The van der Waals surface area contributed by atoms with Crippen molar-refractivity contribution in [1.29, 1.82) is 0 Å². The lowest BCUT2D eigenvalue weighted by molar-refractivity contribution is -0.137. The van der Waals surface area contributed by atoms with Crippen molar-refractivity contribution in [2.24, 2.45) is 23.2 Å². The number of carboxylic acids is 1. The van der Waals surface area contributed by atoms with E-state index in [2.05, 4.69) is 6.92 Å². The fourth-order valence-electron chi connectivity index (χ4n) is 6.53. The van der Waals surface area contributed by atoms with Crippen LogP contribution in [0.25, 0.3) is 0 Å². The van der Waals surface area contributed by atoms with Gasteiger partial charge in [0.05, 0.1) is 0 Å². The molecule has 4 heteroatoms. The molecule has 4 nitrogen and oxygen atoms in total. The molecule has 2 saturated carbocycles. The minimum Gasteiger partial charge on any atom is -0.481 e. The number of hydrogen-bond donors (Lipinski definition) is 1. The summed E-state index contributed by atoms with van der Waals surface area (Å²) < 4.78 is 0. The Bertz CT molecular complexity index is 743. The highest BCUT2D eigenvalue weighted by Crippen LogP contribution is 2.61. The number of Topliss-reactive ketones (excluding diaryl/α,β-unsaturated/α-hetero) is 1. The lowest BCUT2D eigenvalue weighted by Gasteiger charge is -2.50. The molecule has 0 aromatic heterocycles. The first kappa shape index (κ1) is 18.6. The first-order chi connectivity index (χ1) is 12.9. The van der Waals surface area contributed by atoms with Crippen LogP contribution in [0.5, 0.6) is 0 Å². The quantitative estimate of drug-likeness (QED) is 0.716. The Morgan fingerprint density at radius 2 is 1.96 bits per heavy atom. The molecular formula is C23H30O4. The molecule has 4 atom stereocenters. The second kappa shape index (κ2) is 7.03. The summed E-state index contributed by atoms with van der Waals surface area (Å²) in [5.74, 6) is 1.28. The van der Waals surface area contributed by atoms with Gasteiger partial charge >= 0.3 is 5.97 Å². The Kier molecular flexibility index (Phi) is 4.85. The van der Waals surface area contributed by atoms with Crippen LogP contribution in [-0.2, 0) is 14.4 Å². The molecule has 4 rings (SSSR count). The molecule has 4 aliphatic carbocycles. The van der Waals surface area contributed by atoms with Crippen LogP contribution >= 0.6 is 0 Å². The van der Waals surface area contributed by atoms with Gasteiger partial charge in [0.2, 0.25) is 0 Å². The Labute approximate surface area is 161 Å². The van der Waals surface area contributed by atoms with Gasteiger partial charge in [-0.15, -0.1) is 0 Å². The minimum atomic E-state index is -0.731. The number of ketones is 2. The molecule has 1 N–H and O–H groups in total. The predicted octanol–water partition coefficient (Wildman–Crippen LogP) is 4.63. The molecule has 146 valence electrons. The van der Waals surface area contributed by atoms with Crippen LogP contribution in [0.2, 0.25) is 0 Å². The van der Waals surface area contributed by atoms with Gasteiger partial charge in [0.15, 0.2) is 5.78 Å². The van der Waals surface area contributed by atoms with E-state index in [0.717, 1.165) is 44.9 Å². The normalized spacial score (nSPS) is 35.4. The van der Waals surface area contributed by atoms with Crippen LogP contribution in [0.1, 0.15) is 77.6 Å². The Morgan fingerprint density at radius 1 is 1.15 bits per heavy atom. The van der Waals surface area contributed by atoms with E-state index in [0.29, 0.717) is 42.8 Å². The maximum absolute atomic E-state index is 12.7. The number of carbonyl (C=O) groups is 3. The number of carbonyl (C=O) groups excluding carboxylic acids is 2. The fourth-order valence-corrected chi connectivity index (χ4v) is 6.53. The minimum absolute atomic E-state index is 0.197. The Balaban J connectivity index is 1.66. The number of allylic oxidation sites excluding steroid dienone is 4. The molecule has 4 aliphatic rings. The van der Waals surface area contributed by atoms with Crippen molar-refractivity contribution >= 4 is 17.5 Å². The third kappa shape index (κ3) is 3.21. The van der Waals surface area contributed by atoms with E-state index in [1.54, 1.807) is 5.57 Å². The SMILES string of the molecule is C[C@]12C[C@H](CCCCC(=O)O)C3=C4CCC(=O)C=C4CC[C@H]3[C@@H]1CCC2=O. The molecule has 0 aromatic rings. The molecule has 0 aliphatic heterocycles. The van der Waals surface area contributed by atoms with Crippen molar-refractivity contribution in [3.63, 3.8) is 0 Å². The average Bonchev–Trinajstić information content (AvgIpc) is 2.92. The maximum atomic E-state index is 12.7. The van der Waals surface area contributed by atoms with Gasteiger partial charge in [-0.3, -0.25) is 14.4 Å². The maximum Gasteiger partial charge on any atom is 0.303 e. The number of hydrogen-bond acceptors (Lipinski definition) is 3. The molecule has 0 aromatic carbocycles. The average molecular weight is 370 g/mol. The van der Waals surface area contributed by atoms with Crippen LogP contribution in [0.15, 0.2) is 22.8 Å². The number of carboxylic acid groups (broad SMARTS) is 1. The largest absolute Gasteiger partial charge is 0.481 e. The van der Waals surface area contributed by atoms with Crippen molar-refractivity contribution in [1.82, 2.24) is 0 Å². The van der Waals surface area contributed by atoms with E-state index in [4.69, 9.17) is 5.11 Å². The highest BCUT2D eigenvalue weighted by Gasteiger charge is 2.55. The van der Waals surface area contributed by atoms with E-state index in [-0.39, 0.29) is 17.6 Å². The molecule has 0 spiro atoms. The van der Waals surface area contributed by atoms with Crippen molar-refractivity contribution in [2.45, 2.75) is 77.6 Å². The van der Waals surface area contributed by atoms with Gasteiger partial charge in [0, 0.05) is 24.7 Å². The Morgan fingerprint density at radius 3 is 2.74 bits per heavy atom. The van der Waals surface area contributed by atoms with Crippen LogP contribution in [0, 0.1) is 23.2 Å². The second-order valence-corrected chi connectivity index (χ2v) is 9.24. The summed E-state index contributed by atoms with van der Waals surface area (Å²) in [5.41, 5.74) is 4.03. The summed E-state index contributed by atoms with van der Waals surface area (Å²) in [6, 6.07) is 0. The molecule has 0 radical (unpaired) electrons. The summed E-state index contributed by atoms with van der Waals surface area (Å²) in [5, 5.41) is 8.92. The highest BCUT2D eigenvalue weighted by molar-refractivity contribution is 5.93. The first-order valence-electron chi connectivity index (χ1n) is 10.6. The monoisotopic (exact) mass is 370 g/mol. The van der Waals surface area contributed by atoms with Crippen molar-refractivity contribution in [3.8, 4) is 0 Å². The molecule has 0 unspecified atom stereocenters. The Hall–Kier alpha value is -1.71. The third-order valence-corrected chi connectivity index (χ3v) is 7.74. The summed E-state index contributed by atoms with van der Waals surface area (Å²) in [6.45, 7) is 2.19. The zero-order chi connectivity index (χ0) is 19.2. The molecule has 27 heavy (non-hydrogen) atoms. The second-order valence-electron chi connectivity index (χ2n) is 9.24. The zero-order valence-corrected chi connectivity index (χ0v) is 16.3.